The van der Waals surface area contributed by atoms with Crippen molar-refractivity contribution in [3.63, 3.8) is 0 Å². The van der Waals surface area contributed by atoms with Crippen LogP contribution in [0, 0.1) is 0 Å². The third kappa shape index (κ3) is 5.32. The maximum absolute atomic E-state index is 13.5. The molecule has 0 spiro atoms. The lowest BCUT2D eigenvalue weighted by Crippen LogP contribution is -2.49. The number of para-hydroxylation sites is 1. The van der Waals surface area contributed by atoms with Gasteiger partial charge in [-0.3, -0.25) is 9.59 Å². The Kier molecular flexibility index (Phi) is 7.33. The number of anilines is 1. The first-order chi connectivity index (χ1) is 16.5. The number of rotatable bonds is 8. The highest BCUT2D eigenvalue weighted by molar-refractivity contribution is 6.30. The molecule has 0 aliphatic rings. The van der Waals surface area contributed by atoms with Gasteiger partial charge in [-0.05, 0) is 42.3 Å². The van der Waals surface area contributed by atoms with E-state index in [4.69, 9.17) is 11.6 Å². The minimum absolute atomic E-state index is 0.187. The fraction of sp³-hybridized carbons (Fsp3) is 0.214. The van der Waals surface area contributed by atoms with E-state index >= 15 is 0 Å². The monoisotopic (exact) mass is 473 g/mol. The predicted molar refractivity (Wildman–Crippen MR) is 138 cm³/mol. The number of aromatic nitrogens is 1. The molecule has 1 aromatic heterocycles. The van der Waals surface area contributed by atoms with Gasteiger partial charge in [0.2, 0.25) is 11.8 Å². The molecule has 0 saturated heterocycles. The van der Waals surface area contributed by atoms with Crippen molar-refractivity contribution >= 4 is 40.0 Å². The fourth-order valence-corrected chi connectivity index (χ4v) is 4.42. The van der Waals surface area contributed by atoms with Crippen LogP contribution in [0.15, 0.2) is 85.1 Å². The summed E-state index contributed by atoms with van der Waals surface area (Å²) in [5.41, 5.74) is 3.70. The van der Waals surface area contributed by atoms with Gasteiger partial charge in [-0.15, -0.1) is 0 Å². The summed E-state index contributed by atoms with van der Waals surface area (Å²) in [4.78, 5) is 28.2. The second-order valence-electron chi connectivity index (χ2n) is 8.32. The molecule has 1 atom stereocenters. The van der Waals surface area contributed by atoms with Crippen LogP contribution < -0.4 is 10.2 Å². The average molecular weight is 474 g/mol. The number of fused-ring (bicyclic) bond motifs is 1. The van der Waals surface area contributed by atoms with Crippen molar-refractivity contribution in [1.82, 2.24) is 9.88 Å². The number of nitrogens with one attached hydrogen (secondary N) is 1. The molecule has 2 amide bonds. The number of carbonyl (C=O) groups is 2. The molecular weight excluding hydrogens is 446 g/mol. The Morgan fingerprint density at radius 1 is 1.00 bits per heavy atom. The molecule has 5 nitrogen and oxygen atoms in total. The first-order valence-electron chi connectivity index (χ1n) is 11.4. The van der Waals surface area contributed by atoms with Crippen molar-refractivity contribution in [3.8, 4) is 0 Å². The number of aryl methyl sites for hydroxylation is 1. The third-order valence-electron chi connectivity index (χ3n) is 6.00. The number of nitrogens with zero attached hydrogens (tertiary/aromatic N) is 2. The van der Waals surface area contributed by atoms with Crippen LogP contribution in [-0.2, 0) is 29.0 Å². The van der Waals surface area contributed by atoms with Gasteiger partial charge in [-0.1, -0.05) is 66.2 Å². The van der Waals surface area contributed by atoms with Crippen LogP contribution in [0.1, 0.15) is 18.1 Å². The Morgan fingerprint density at radius 2 is 1.74 bits per heavy atom. The second-order valence-corrected chi connectivity index (χ2v) is 8.76. The van der Waals surface area contributed by atoms with Gasteiger partial charge in [0, 0.05) is 47.8 Å². The van der Waals surface area contributed by atoms with Gasteiger partial charge in [0.1, 0.15) is 6.04 Å². The number of benzene rings is 3. The SMILES string of the molecule is CCn1cc(CC(=O)N[C@@H](Cc2ccccc2)C(=O)N(C)c2cccc(Cl)c2)c2ccccc21. The van der Waals surface area contributed by atoms with Crippen molar-refractivity contribution in [3.05, 3.63) is 101 Å². The molecule has 4 rings (SSSR count). The van der Waals surface area contributed by atoms with Gasteiger partial charge >= 0.3 is 0 Å². The Morgan fingerprint density at radius 3 is 2.47 bits per heavy atom. The normalized spacial score (nSPS) is 11.9. The zero-order valence-corrected chi connectivity index (χ0v) is 20.1. The molecule has 1 heterocycles. The zero-order chi connectivity index (χ0) is 24.1. The highest BCUT2D eigenvalue weighted by atomic mass is 35.5. The van der Waals surface area contributed by atoms with E-state index in [9.17, 15) is 9.59 Å². The molecule has 0 aliphatic heterocycles. The van der Waals surface area contributed by atoms with Crippen LogP contribution in [0.4, 0.5) is 5.69 Å². The first kappa shape index (κ1) is 23.6. The average Bonchev–Trinajstić information content (AvgIpc) is 3.20. The van der Waals surface area contributed by atoms with E-state index in [-0.39, 0.29) is 18.2 Å². The van der Waals surface area contributed by atoms with Crippen molar-refractivity contribution in [2.45, 2.75) is 32.4 Å². The van der Waals surface area contributed by atoms with Gasteiger partial charge in [-0.25, -0.2) is 0 Å². The highest BCUT2D eigenvalue weighted by Gasteiger charge is 2.26. The zero-order valence-electron chi connectivity index (χ0n) is 19.4. The quantitative estimate of drug-likeness (QED) is 0.380. The fourth-order valence-electron chi connectivity index (χ4n) is 4.24. The number of likely N-dealkylation sites (N-methyl/N-ethyl adjacent to an activating group) is 1. The molecule has 0 fully saturated rings. The lowest BCUT2D eigenvalue weighted by atomic mass is 10.0. The molecule has 0 saturated carbocycles. The van der Waals surface area contributed by atoms with Crippen LogP contribution in [0.2, 0.25) is 5.02 Å². The van der Waals surface area contributed by atoms with Crippen molar-refractivity contribution < 1.29 is 9.59 Å². The summed E-state index contributed by atoms with van der Waals surface area (Å²) >= 11 is 6.13. The van der Waals surface area contributed by atoms with Gasteiger partial charge in [0.15, 0.2) is 0 Å². The number of hydrogen-bond acceptors (Lipinski definition) is 2. The van der Waals surface area contributed by atoms with Crippen LogP contribution in [0.3, 0.4) is 0 Å². The molecule has 6 heteroatoms. The third-order valence-corrected chi connectivity index (χ3v) is 6.24. The summed E-state index contributed by atoms with van der Waals surface area (Å²) in [5, 5.41) is 4.60. The van der Waals surface area contributed by atoms with Crippen molar-refractivity contribution in [1.29, 1.82) is 0 Å². The summed E-state index contributed by atoms with van der Waals surface area (Å²) in [6, 6.07) is 24.2. The van der Waals surface area contributed by atoms with E-state index in [1.165, 1.54) is 0 Å². The summed E-state index contributed by atoms with van der Waals surface area (Å²) in [6.45, 7) is 2.90. The van der Waals surface area contributed by atoms with E-state index in [0.717, 1.165) is 28.6 Å². The van der Waals surface area contributed by atoms with Crippen LogP contribution in [0.25, 0.3) is 10.9 Å². The van der Waals surface area contributed by atoms with Crippen molar-refractivity contribution in [2.75, 3.05) is 11.9 Å². The number of carbonyl (C=O) groups excluding carboxylic acids is 2. The maximum atomic E-state index is 13.5. The lowest BCUT2D eigenvalue weighted by Gasteiger charge is -2.25. The van der Waals surface area contributed by atoms with E-state index in [1.807, 2.05) is 60.8 Å². The van der Waals surface area contributed by atoms with Crippen LogP contribution >= 0.6 is 11.6 Å². The van der Waals surface area contributed by atoms with E-state index < -0.39 is 6.04 Å². The molecule has 34 heavy (non-hydrogen) atoms. The first-order valence-corrected chi connectivity index (χ1v) is 11.8. The van der Waals surface area contributed by atoms with Gasteiger partial charge in [0.25, 0.3) is 0 Å². The number of halogens is 1. The Bertz CT molecular complexity index is 1300. The molecule has 3 aromatic carbocycles. The summed E-state index contributed by atoms with van der Waals surface area (Å²) in [5.74, 6) is -0.386. The molecule has 0 unspecified atom stereocenters. The largest absolute Gasteiger partial charge is 0.347 e. The van der Waals surface area contributed by atoms with Gasteiger partial charge < -0.3 is 14.8 Å². The molecule has 4 aromatic rings. The van der Waals surface area contributed by atoms with Crippen LogP contribution in [-0.4, -0.2) is 29.5 Å². The molecule has 0 aliphatic carbocycles. The lowest BCUT2D eigenvalue weighted by molar-refractivity contribution is -0.127. The maximum Gasteiger partial charge on any atom is 0.249 e. The highest BCUT2D eigenvalue weighted by Crippen LogP contribution is 2.22. The summed E-state index contributed by atoms with van der Waals surface area (Å²) < 4.78 is 2.14. The molecular formula is C28H28ClN3O2. The molecule has 1 N–H and O–H groups in total. The Hall–Kier alpha value is -3.57. The van der Waals surface area contributed by atoms with E-state index in [2.05, 4.69) is 22.9 Å². The van der Waals surface area contributed by atoms with E-state index in [1.54, 1.807) is 30.1 Å². The predicted octanol–water partition coefficient (Wildman–Crippen LogP) is 5.25. The Labute approximate surface area is 205 Å². The number of hydrogen-bond donors (Lipinski definition) is 1. The number of amides is 2. The van der Waals surface area contributed by atoms with E-state index in [0.29, 0.717) is 17.1 Å². The minimum atomic E-state index is -0.710. The standard InChI is InChI=1S/C28H28ClN3O2/c1-3-32-19-21(24-14-7-8-15-26(24)32)17-27(33)30-25(16-20-10-5-4-6-11-20)28(34)31(2)23-13-9-12-22(29)18-23/h4-15,18-19,25H,3,16-17H2,1-2H3,(H,30,33)/t25-/m0/s1. The van der Waals surface area contributed by atoms with Crippen LogP contribution in [0.5, 0.6) is 0 Å². The molecule has 174 valence electrons. The van der Waals surface area contributed by atoms with Crippen molar-refractivity contribution in [2.24, 2.45) is 0 Å². The smallest absolute Gasteiger partial charge is 0.249 e. The van der Waals surface area contributed by atoms with Gasteiger partial charge in [-0.2, -0.15) is 0 Å². The molecule has 0 bridgehead atoms. The van der Waals surface area contributed by atoms with Gasteiger partial charge in [0.05, 0.1) is 6.42 Å². The topological polar surface area (TPSA) is 54.3 Å². The minimum Gasteiger partial charge on any atom is -0.347 e. The molecule has 0 radical (unpaired) electrons. The summed E-state index contributed by atoms with van der Waals surface area (Å²) in [6.07, 6.45) is 2.62. The second kappa shape index (κ2) is 10.6. The Balaban J connectivity index is 1.57. The summed E-state index contributed by atoms with van der Waals surface area (Å²) in [7, 11) is 1.70.